The highest BCUT2D eigenvalue weighted by atomic mass is 16.6. The normalized spacial score (nSPS) is 10.1. The molecule has 2 aromatic rings. The minimum atomic E-state index is -0.528. The van der Waals surface area contributed by atoms with Gasteiger partial charge >= 0.3 is 0 Å². The second-order valence-electron chi connectivity index (χ2n) is 5.12. The zero-order chi connectivity index (χ0) is 16.3. The van der Waals surface area contributed by atoms with Gasteiger partial charge in [0.25, 0.3) is 11.6 Å². The standard InChI is InChI=1S/C16H17N3O3/c1-11-5-4-6-14(15(11)19(21)22)16(20)17-12-7-9-13(10-8-12)18(2)3/h4-10H,1-3H3,(H,17,20). The molecule has 1 N–H and O–H groups in total. The Morgan fingerprint density at radius 1 is 1.14 bits per heavy atom. The lowest BCUT2D eigenvalue weighted by Gasteiger charge is -2.13. The molecule has 0 unspecified atom stereocenters. The van der Waals surface area contributed by atoms with Gasteiger partial charge in [0.2, 0.25) is 0 Å². The number of carbonyl (C=O) groups is 1. The monoisotopic (exact) mass is 299 g/mol. The molecule has 0 aromatic heterocycles. The summed E-state index contributed by atoms with van der Waals surface area (Å²) in [5, 5.41) is 13.8. The zero-order valence-corrected chi connectivity index (χ0v) is 12.7. The molecule has 114 valence electrons. The van der Waals surface area contributed by atoms with Crippen LogP contribution in [-0.2, 0) is 0 Å². The van der Waals surface area contributed by atoms with Gasteiger partial charge in [0.1, 0.15) is 5.56 Å². The van der Waals surface area contributed by atoms with Crippen molar-refractivity contribution in [1.82, 2.24) is 0 Å². The molecule has 6 heteroatoms. The Morgan fingerprint density at radius 2 is 1.77 bits per heavy atom. The Balaban J connectivity index is 2.26. The first kappa shape index (κ1) is 15.5. The number of carbonyl (C=O) groups excluding carboxylic acids is 1. The smallest absolute Gasteiger partial charge is 0.285 e. The first-order valence-electron chi connectivity index (χ1n) is 6.73. The van der Waals surface area contributed by atoms with Gasteiger partial charge in [0.05, 0.1) is 4.92 Å². The summed E-state index contributed by atoms with van der Waals surface area (Å²) in [5.41, 5.74) is 1.94. The van der Waals surface area contributed by atoms with E-state index in [1.165, 1.54) is 6.07 Å². The van der Waals surface area contributed by atoms with Crippen molar-refractivity contribution in [3.05, 3.63) is 63.7 Å². The Labute approximate surface area is 128 Å². The van der Waals surface area contributed by atoms with Gasteiger partial charge in [0.15, 0.2) is 0 Å². The lowest BCUT2D eigenvalue weighted by atomic mass is 10.1. The fraction of sp³-hybridized carbons (Fsp3) is 0.188. The van der Waals surface area contributed by atoms with E-state index < -0.39 is 10.8 Å². The molecule has 0 bridgehead atoms. The van der Waals surface area contributed by atoms with E-state index in [1.54, 1.807) is 31.2 Å². The molecule has 22 heavy (non-hydrogen) atoms. The summed E-state index contributed by atoms with van der Waals surface area (Å²) in [6.07, 6.45) is 0. The van der Waals surface area contributed by atoms with Crippen molar-refractivity contribution in [2.75, 3.05) is 24.3 Å². The minimum Gasteiger partial charge on any atom is -0.378 e. The predicted molar refractivity (Wildman–Crippen MR) is 86.6 cm³/mol. The van der Waals surface area contributed by atoms with Crippen molar-refractivity contribution in [3.8, 4) is 0 Å². The number of nitrogens with one attached hydrogen (secondary N) is 1. The molecular weight excluding hydrogens is 282 g/mol. The van der Waals surface area contributed by atoms with Crippen LogP contribution in [0.15, 0.2) is 42.5 Å². The predicted octanol–water partition coefficient (Wildman–Crippen LogP) is 3.22. The molecule has 0 radical (unpaired) electrons. The van der Waals surface area contributed by atoms with Gasteiger partial charge in [-0.25, -0.2) is 0 Å². The van der Waals surface area contributed by atoms with E-state index in [0.717, 1.165) is 5.69 Å². The summed E-state index contributed by atoms with van der Waals surface area (Å²) in [6.45, 7) is 1.61. The van der Waals surface area contributed by atoms with Crippen molar-refractivity contribution >= 4 is 23.0 Å². The lowest BCUT2D eigenvalue weighted by Crippen LogP contribution is -2.15. The van der Waals surface area contributed by atoms with Crippen LogP contribution in [0.5, 0.6) is 0 Å². The number of hydrogen-bond donors (Lipinski definition) is 1. The average Bonchev–Trinajstić information content (AvgIpc) is 2.47. The van der Waals surface area contributed by atoms with Crippen molar-refractivity contribution < 1.29 is 9.72 Å². The minimum absolute atomic E-state index is 0.0571. The number of rotatable bonds is 4. The third kappa shape index (κ3) is 3.22. The summed E-state index contributed by atoms with van der Waals surface area (Å²) in [5.74, 6) is -0.493. The molecule has 0 saturated heterocycles. The van der Waals surface area contributed by atoms with Gasteiger partial charge in [-0.2, -0.15) is 0 Å². The number of aryl methyl sites for hydroxylation is 1. The fourth-order valence-electron chi connectivity index (χ4n) is 2.13. The Hall–Kier alpha value is -2.89. The molecule has 0 heterocycles. The van der Waals surface area contributed by atoms with Gasteiger partial charge in [-0.1, -0.05) is 12.1 Å². The van der Waals surface area contributed by atoms with E-state index in [4.69, 9.17) is 0 Å². The molecule has 2 rings (SSSR count). The van der Waals surface area contributed by atoms with Crippen molar-refractivity contribution in [1.29, 1.82) is 0 Å². The first-order valence-corrected chi connectivity index (χ1v) is 6.73. The summed E-state index contributed by atoms with van der Waals surface area (Å²) < 4.78 is 0. The van der Waals surface area contributed by atoms with Crippen LogP contribution in [0.3, 0.4) is 0 Å². The van der Waals surface area contributed by atoms with E-state index in [1.807, 2.05) is 31.1 Å². The van der Waals surface area contributed by atoms with E-state index in [2.05, 4.69) is 5.32 Å². The van der Waals surface area contributed by atoms with Gasteiger partial charge in [-0.15, -0.1) is 0 Å². The first-order chi connectivity index (χ1) is 10.4. The van der Waals surface area contributed by atoms with Crippen LogP contribution < -0.4 is 10.2 Å². The Bertz CT molecular complexity index is 709. The van der Waals surface area contributed by atoms with E-state index >= 15 is 0 Å². The molecule has 0 atom stereocenters. The second kappa shape index (κ2) is 6.26. The number of nitro groups is 1. The Kier molecular flexibility index (Phi) is 4.41. The molecule has 2 aromatic carbocycles. The van der Waals surface area contributed by atoms with Crippen molar-refractivity contribution in [3.63, 3.8) is 0 Å². The summed E-state index contributed by atoms with van der Waals surface area (Å²) in [7, 11) is 3.84. The van der Waals surface area contributed by atoms with E-state index in [-0.39, 0.29) is 11.3 Å². The largest absolute Gasteiger partial charge is 0.378 e. The van der Waals surface area contributed by atoms with Gasteiger partial charge < -0.3 is 10.2 Å². The number of para-hydroxylation sites is 1. The topological polar surface area (TPSA) is 75.5 Å². The van der Waals surface area contributed by atoms with Crippen LogP contribution in [0, 0.1) is 17.0 Å². The number of hydrogen-bond acceptors (Lipinski definition) is 4. The highest BCUT2D eigenvalue weighted by Gasteiger charge is 2.22. The van der Waals surface area contributed by atoms with Crippen LogP contribution in [0.4, 0.5) is 17.1 Å². The lowest BCUT2D eigenvalue weighted by molar-refractivity contribution is -0.385. The number of nitrogens with zero attached hydrogens (tertiary/aromatic N) is 2. The van der Waals surface area contributed by atoms with Crippen molar-refractivity contribution in [2.45, 2.75) is 6.92 Å². The van der Waals surface area contributed by atoms with E-state index in [0.29, 0.717) is 11.3 Å². The van der Waals surface area contributed by atoms with Crippen LogP contribution in [-0.4, -0.2) is 24.9 Å². The fourth-order valence-corrected chi connectivity index (χ4v) is 2.13. The quantitative estimate of drug-likeness (QED) is 0.694. The number of benzene rings is 2. The molecular formula is C16H17N3O3. The molecule has 1 amide bonds. The van der Waals surface area contributed by atoms with Crippen LogP contribution >= 0.6 is 0 Å². The molecule has 6 nitrogen and oxygen atoms in total. The second-order valence-corrected chi connectivity index (χ2v) is 5.12. The third-order valence-electron chi connectivity index (χ3n) is 3.31. The summed E-state index contributed by atoms with van der Waals surface area (Å²) in [4.78, 5) is 24.8. The molecule has 0 fully saturated rings. The maximum Gasteiger partial charge on any atom is 0.285 e. The maximum absolute atomic E-state index is 12.3. The molecule has 0 aliphatic heterocycles. The number of anilines is 2. The van der Waals surface area contributed by atoms with E-state index in [9.17, 15) is 14.9 Å². The highest BCUT2D eigenvalue weighted by molar-refractivity contribution is 6.07. The summed E-state index contributed by atoms with van der Waals surface area (Å²) in [6, 6.07) is 11.9. The van der Waals surface area contributed by atoms with Crippen molar-refractivity contribution in [2.24, 2.45) is 0 Å². The molecule has 0 aliphatic carbocycles. The average molecular weight is 299 g/mol. The molecule has 0 aliphatic rings. The van der Waals surface area contributed by atoms with Crippen LogP contribution in [0.25, 0.3) is 0 Å². The molecule has 0 spiro atoms. The van der Waals surface area contributed by atoms with Gasteiger partial charge in [-0.3, -0.25) is 14.9 Å². The Morgan fingerprint density at radius 3 is 2.32 bits per heavy atom. The highest BCUT2D eigenvalue weighted by Crippen LogP contribution is 2.24. The summed E-state index contributed by atoms with van der Waals surface area (Å²) >= 11 is 0. The number of nitro benzene ring substituents is 1. The van der Waals surface area contributed by atoms with Gasteiger partial charge in [-0.05, 0) is 37.3 Å². The number of amides is 1. The van der Waals surface area contributed by atoms with Crippen LogP contribution in [0.2, 0.25) is 0 Å². The molecule has 0 saturated carbocycles. The zero-order valence-electron chi connectivity index (χ0n) is 12.7. The SMILES string of the molecule is Cc1cccc(C(=O)Nc2ccc(N(C)C)cc2)c1[N+](=O)[O-]. The van der Waals surface area contributed by atoms with Gasteiger partial charge in [0, 0.05) is 31.0 Å². The van der Waals surface area contributed by atoms with Crippen LogP contribution in [0.1, 0.15) is 15.9 Å². The maximum atomic E-state index is 12.3. The third-order valence-corrected chi connectivity index (χ3v) is 3.31.